The maximum atomic E-state index is 4.09. The minimum absolute atomic E-state index is 0.944. The molecule has 3 rings (SSSR count). The Labute approximate surface area is 120 Å². The SMILES string of the molecule is Cc1cn(-c2ccc(CCN3CCCCC3)cc2)nn1. The van der Waals surface area contributed by atoms with Gasteiger partial charge < -0.3 is 4.90 Å². The number of benzene rings is 1. The largest absolute Gasteiger partial charge is 0.303 e. The highest BCUT2D eigenvalue weighted by molar-refractivity contribution is 5.33. The molecule has 106 valence electrons. The van der Waals surface area contributed by atoms with Crippen LogP contribution in [0.4, 0.5) is 0 Å². The summed E-state index contributed by atoms with van der Waals surface area (Å²) in [6.07, 6.45) is 7.22. The van der Waals surface area contributed by atoms with Crippen LogP contribution in [0.15, 0.2) is 30.5 Å². The minimum atomic E-state index is 0.944. The van der Waals surface area contributed by atoms with Gasteiger partial charge in [-0.25, -0.2) is 4.68 Å². The third-order valence-electron chi connectivity index (χ3n) is 3.97. The zero-order chi connectivity index (χ0) is 13.8. The highest BCUT2D eigenvalue weighted by Gasteiger charge is 2.09. The van der Waals surface area contributed by atoms with Gasteiger partial charge in [0.15, 0.2) is 0 Å². The Balaban J connectivity index is 1.58. The Hall–Kier alpha value is -1.68. The van der Waals surface area contributed by atoms with Crippen LogP contribution in [0.3, 0.4) is 0 Å². The topological polar surface area (TPSA) is 34.0 Å². The van der Waals surface area contributed by atoms with Crippen LogP contribution in [-0.4, -0.2) is 39.5 Å². The van der Waals surface area contributed by atoms with Crippen LogP contribution in [0.1, 0.15) is 30.5 Å². The summed E-state index contributed by atoms with van der Waals surface area (Å²) in [6, 6.07) is 8.66. The molecule has 0 unspecified atom stereocenters. The van der Waals surface area contributed by atoms with Crippen molar-refractivity contribution in [2.24, 2.45) is 0 Å². The molecule has 0 N–H and O–H groups in total. The lowest BCUT2D eigenvalue weighted by Gasteiger charge is -2.26. The maximum absolute atomic E-state index is 4.09. The Bertz CT molecular complexity index is 538. The predicted octanol–water partition coefficient (Wildman–Crippen LogP) is 2.60. The van der Waals surface area contributed by atoms with Gasteiger partial charge in [0, 0.05) is 6.54 Å². The molecule has 0 aliphatic carbocycles. The Morgan fingerprint density at radius 1 is 1.05 bits per heavy atom. The first kappa shape index (κ1) is 13.3. The van der Waals surface area contributed by atoms with Gasteiger partial charge in [0.1, 0.15) is 0 Å². The van der Waals surface area contributed by atoms with Crippen LogP contribution in [0.25, 0.3) is 5.69 Å². The number of piperidine rings is 1. The second kappa shape index (κ2) is 6.18. The molecule has 0 spiro atoms. The summed E-state index contributed by atoms with van der Waals surface area (Å²) in [5, 5.41) is 8.11. The van der Waals surface area contributed by atoms with Crippen molar-refractivity contribution in [3.63, 3.8) is 0 Å². The van der Waals surface area contributed by atoms with E-state index in [1.54, 1.807) is 0 Å². The molecular weight excluding hydrogens is 248 g/mol. The monoisotopic (exact) mass is 270 g/mol. The van der Waals surface area contributed by atoms with Crippen molar-refractivity contribution in [1.29, 1.82) is 0 Å². The van der Waals surface area contributed by atoms with Crippen molar-refractivity contribution in [3.8, 4) is 5.69 Å². The average molecular weight is 270 g/mol. The van der Waals surface area contributed by atoms with Gasteiger partial charge in [-0.15, -0.1) is 5.10 Å². The second-order valence-corrected chi connectivity index (χ2v) is 5.62. The van der Waals surface area contributed by atoms with Gasteiger partial charge in [-0.1, -0.05) is 23.8 Å². The van der Waals surface area contributed by atoms with Gasteiger partial charge in [0.25, 0.3) is 0 Å². The lowest BCUT2D eigenvalue weighted by Crippen LogP contribution is -2.31. The van der Waals surface area contributed by atoms with E-state index in [0.29, 0.717) is 0 Å². The summed E-state index contributed by atoms with van der Waals surface area (Å²) in [6.45, 7) is 5.69. The normalized spacial score (nSPS) is 16.4. The molecule has 0 atom stereocenters. The number of hydrogen-bond acceptors (Lipinski definition) is 3. The molecule has 0 bridgehead atoms. The fraction of sp³-hybridized carbons (Fsp3) is 0.500. The van der Waals surface area contributed by atoms with Crippen molar-refractivity contribution in [3.05, 3.63) is 41.7 Å². The molecule has 2 heterocycles. The first-order chi connectivity index (χ1) is 9.81. The number of nitrogens with zero attached hydrogens (tertiary/aromatic N) is 4. The lowest BCUT2D eigenvalue weighted by atomic mass is 10.1. The lowest BCUT2D eigenvalue weighted by molar-refractivity contribution is 0.231. The number of aryl methyl sites for hydroxylation is 1. The van der Waals surface area contributed by atoms with E-state index in [-0.39, 0.29) is 0 Å². The fourth-order valence-electron chi connectivity index (χ4n) is 2.76. The van der Waals surface area contributed by atoms with E-state index < -0.39 is 0 Å². The van der Waals surface area contributed by atoms with Gasteiger partial charge in [-0.05, 0) is 57.0 Å². The summed E-state index contributed by atoms with van der Waals surface area (Å²) in [4.78, 5) is 2.58. The van der Waals surface area contributed by atoms with Crippen LogP contribution >= 0.6 is 0 Å². The molecule has 0 radical (unpaired) electrons. The zero-order valence-electron chi connectivity index (χ0n) is 12.1. The van der Waals surface area contributed by atoms with E-state index in [4.69, 9.17) is 0 Å². The average Bonchev–Trinajstić information content (AvgIpc) is 2.93. The predicted molar refractivity (Wildman–Crippen MR) is 80.1 cm³/mol. The Morgan fingerprint density at radius 3 is 2.45 bits per heavy atom. The zero-order valence-corrected chi connectivity index (χ0v) is 12.1. The van der Waals surface area contributed by atoms with Gasteiger partial charge in [0.2, 0.25) is 0 Å². The molecule has 1 saturated heterocycles. The van der Waals surface area contributed by atoms with Gasteiger partial charge in [-0.2, -0.15) is 0 Å². The summed E-state index contributed by atoms with van der Waals surface area (Å²) < 4.78 is 1.82. The highest BCUT2D eigenvalue weighted by atomic mass is 15.4. The number of likely N-dealkylation sites (tertiary alicyclic amines) is 1. The molecular formula is C16H22N4. The Morgan fingerprint density at radius 2 is 1.80 bits per heavy atom. The Kier molecular flexibility index (Phi) is 4.11. The van der Waals surface area contributed by atoms with Crippen LogP contribution in [0.5, 0.6) is 0 Å². The molecule has 1 aromatic heterocycles. The second-order valence-electron chi connectivity index (χ2n) is 5.62. The summed E-state index contributed by atoms with van der Waals surface area (Å²) in [7, 11) is 0. The van der Waals surface area contributed by atoms with Crippen LogP contribution < -0.4 is 0 Å². The van der Waals surface area contributed by atoms with E-state index >= 15 is 0 Å². The molecule has 2 aromatic rings. The minimum Gasteiger partial charge on any atom is -0.303 e. The third kappa shape index (κ3) is 3.25. The first-order valence-corrected chi connectivity index (χ1v) is 7.52. The maximum Gasteiger partial charge on any atom is 0.0800 e. The molecule has 4 nitrogen and oxygen atoms in total. The van der Waals surface area contributed by atoms with E-state index in [0.717, 1.165) is 17.8 Å². The third-order valence-corrected chi connectivity index (χ3v) is 3.97. The first-order valence-electron chi connectivity index (χ1n) is 7.52. The van der Waals surface area contributed by atoms with Gasteiger partial charge in [-0.3, -0.25) is 0 Å². The van der Waals surface area contributed by atoms with Crippen LogP contribution in [-0.2, 0) is 6.42 Å². The summed E-state index contributed by atoms with van der Waals surface area (Å²) in [5.41, 5.74) is 3.42. The standard InChI is InChI=1S/C16H22N4/c1-14-13-20(18-17-14)16-7-5-15(6-8-16)9-12-19-10-3-2-4-11-19/h5-8,13H,2-4,9-12H2,1H3. The number of rotatable bonds is 4. The quantitative estimate of drug-likeness (QED) is 0.856. The molecule has 0 saturated carbocycles. The summed E-state index contributed by atoms with van der Waals surface area (Å²) >= 11 is 0. The van der Waals surface area contributed by atoms with Gasteiger partial charge >= 0.3 is 0 Å². The van der Waals surface area contributed by atoms with Gasteiger partial charge in [0.05, 0.1) is 17.6 Å². The molecule has 0 amide bonds. The molecule has 1 aliphatic heterocycles. The number of hydrogen-bond donors (Lipinski definition) is 0. The highest BCUT2D eigenvalue weighted by Crippen LogP contribution is 2.12. The summed E-state index contributed by atoms with van der Waals surface area (Å²) in [5.74, 6) is 0. The number of aromatic nitrogens is 3. The molecule has 1 aromatic carbocycles. The molecule has 4 heteroatoms. The van der Waals surface area contributed by atoms with Crippen LogP contribution in [0.2, 0.25) is 0 Å². The van der Waals surface area contributed by atoms with Crippen LogP contribution in [0, 0.1) is 6.92 Å². The van der Waals surface area contributed by atoms with Crippen molar-refractivity contribution < 1.29 is 0 Å². The van der Waals surface area contributed by atoms with E-state index in [1.807, 2.05) is 17.8 Å². The molecule has 20 heavy (non-hydrogen) atoms. The smallest absolute Gasteiger partial charge is 0.0800 e. The van der Waals surface area contributed by atoms with E-state index in [9.17, 15) is 0 Å². The van der Waals surface area contributed by atoms with Crippen molar-refractivity contribution in [2.45, 2.75) is 32.6 Å². The van der Waals surface area contributed by atoms with Crippen molar-refractivity contribution in [2.75, 3.05) is 19.6 Å². The van der Waals surface area contributed by atoms with E-state index in [2.05, 4.69) is 39.5 Å². The molecule has 1 fully saturated rings. The van der Waals surface area contributed by atoms with Crippen molar-refractivity contribution >= 4 is 0 Å². The molecule has 1 aliphatic rings. The fourth-order valence-corrected chi connectivity index (χ4v) is 2.76. The van der Waals surface area contributed by atoms with Crippen molar-refractivity contribution in [1.82, 2.24) is 19.9 Å². The van der Waals surface area contributed by atoms with E-state index in [1.165, 1.54) is 44.5 Å².